The minimum Gasteiger partial charge on any atom is -0.384 e. The molecule has 1 aliphatic rings. The lowest BCUT2D eigenvalue weighted by molar-refractivity contribution is 0.0717. The van der Waals surface area contributed by atoms with Gasteiger partial charge >= 0.3 is 0 Å². The lowest BCUT2D eigenvalue weighted by Gasteiger charge is -2.25. The topological polar surface area (TPSA) is 32.3 Å². The van der Waals surface area contributed by atoms with E-state index < -0.39 is 0 Å². The van der Waals surface area contributed by atoms with E-state index in [2.05, 4.69) is 19.2 Å². The molecular weight excluding hydrogens is 248 g/mol. The van der Waals surface area contributed by atoms with Gasteiger partial charge in [0.1, 0.15) is 0 Å². The van der Waals surface area contributed by atoms with Gasteiger partial charge in [0.15, 0.2) is 0 Å². The zero-order valence-corrected chi connectivity index (χ0v) is 12.0. The average Bonchev–Trinajstić information content (AvgIpc) is 2.75. The second kappa shape index (κ2) is 6.10. The molecule has 18 heavy (non-hydrogen) atoms. The normalized spacial score (nSPS) is 12.7. The van der Waals surface area contributed by atoms with Gasteiger partial charge in [-0.15, -0.1) is 12.4 Å². The lowest BCUT2D eigenvalue weighted by Crippen LogP contribution is -2.36. The third-order valence-corrected chi connectivity index (χ3v) is 3.29. The molecule has 0 spiro atoms. The molecule has 1 aliphatic heterocycles. The number of carbonyl (C=O) groups excluding carboxylic acids is 1. The maximum absolute atomic E-state index is 12.3. The molecule has 0 saturated heterocycles. The first kappa shape index (κ1) is 14.8. The number of benzene rings is 1. The smallest absolute Gasteiger partial charge is 0.254 e. The van der Waals surface area contributed by atoms with Crippen LogP contribution in [0.15, 0.2) is 18.2 Å². The first-order valence-electron chi connectivity index (χ1n) is 6.31. The Morgan fingerprint density at radius 1 is 1.44 bits per heavy atom. The molecule has 3 nitrogen and oxygen atoms in total. The highest BCUT2D eigenvalue weighted by Gasteiger charge is 2.19. The number of nitrogens with one attached hydrogen (secondary N) is 1. The van der Waals surface area contributed by atoms with Crippen molar-refractivity contribution in [2.45, 2.75) is 33.2 Å². The summed E-state index contributed by atoms with van der Waals surface area (Å²) in [7, 11) is 0. The third kappa shape index (κ3) is 2.78. The molecule has 0 saturated carbocycles. The van der Waals surface area contributed by atoms with E-state index >= 15 is 0 Å². The number of fused-ring (bicyclic) bond motifs is 1. The minimum atomic E-state index is 0. The Bertz CT molecular complexity index is 432. The van der Waals surface area contributed by atoms with E-state index in [1.54, 1.807) is 0 Å². The molecule has 0 atom stereocenters. The zero-order chi connectivity index (χ0) is 12.4. The van der Waals surface area contributed by atoms with Gasteiger partial charge in [-0.2, -0.15) is 0 Å². The van der Waals surface area contributed by atoms with Crippen molar-refractivity contribution in [3.05, 3.63) is 29.3 Å². The summed E-state index contributed by atoms with van der Waals surface area (Å²) in [6.07, 6.45) is 1.02. The Labute approximate surface area is 115 Å². The van der Waals surface area contributed by atoms with Gasteiger partial charge < -0.3 is 10.2 Å². The Morgan fingerprint density at radius 3 is 2.78 bits per heavy atom. The number of nitrogens with zero attached hydrogens (tertiary/aromatic N) is 1. The van der Waals surface area contributed by atoms with Crippen molar-refractivity contribution in [2.75, 3.05) is 18.4 Å². The predicted molar refractivity (Wildman–Crippen MR) is 77.7 cm³/mol. The maximum atomic E-state index is 12.3. The molecule has 1 aromatic rings. The van der Waals surface area contributed by atoms with Crippen LogP contribution in [-0.4, -0.2) is 29.9 Å². The van der Waals surface area contributed by atoms with Crippen molar-refractivity contribution >= 4 is 24.0 Å². The summed E-state index contributed by atoms with van der Waals surface area (Å²) < 4.78 is 0. The fraction of sp³-hybridized carbons (Fsp3) is 0.500. The van der Waals surface area contributed by atoms with Crippen LogP contribution in [0.5, 0.6) is 0 Å². The molecule has 2 rings (SSSR count). The average molecular weight is 269 g/mol. The van der Waals surface area contributed by atoms with E-state index in [1.807, 2.05) is 30.0 Å². The van der Waals surface area contributed by atoms with Gasteiger partial charge in [0.25, 0.3) is 5.91 Å². The molecule has 0 unspecified atom stereocenters. The molecule has 100 valence electrons. The van der Waals surface area contributed by atoms with Gasteiger partial charge in [0.05, 0.1) is 0 Å². The summed E-state index contributed by atoms with van der Waals surface area (Å²) in [5.41, 5.74) is 3.24. The van der Waals surface area contributed by atoms with Gasteiger partial charge in [-0.05, 0) is 51.0 Å². The minimum absolute atomic E-state index is 0. The summed E-state index contributed by atoms with van der Waals surface area (Å²) in [6, 6.07) is 6.22. The van der Waals surface area contributed by atoms with Crippen LogP contribution in [-0.2, 0) is 6.42 Å². The Kier molecular flexibility index (Phi) is 5.03. The van der Waals surface area contributed by atoms with Gasteiger partial charge in [-0.25, -0.2) is 0 Å². The number of hydrogen-bond acceptors (Lipinski definition) is 2. The van der Waals surface area contributed by atoms with Crippen molar-refractivity contribution in [2.24, 2.45) is 0 Å². The Morgan fingerprint density at radius 2 is 2.17 bits per heavy atom. The van der Waals surface area contributed by atoms with Crippen LogP contribution in [0.2, 0.25) is 0 Å². The van der Waals surface area contributed by atoms with Crippen molar-refractivity contribution in [3.8, 4) is 0 Å². The van der Waals surface area contributed by atoms with Gasteiger partial charge in [-0.3, -0.25) is 4.79 Å². The van der Waals surface area contributed by atoms with Crippen LogP contribution in [0, 0.1) is 0 Å². The molecule has 1 amide bonds. The fourth-order valence-electron chi connectivity index (χ4n) is 2.35. The monoisotopic (exact) mass is 268 g/mol. The number of anilines is 1. The summed E-state index contributed by atoms with van der Waals surface area (Å²) >= 11 is 0. The van der Waals surface area contributed by atoms with Crippen LogP contribution in [0.3, 0.4) is 0 Å². The van der Waals surface area contributed by atoms with Gasteiger partial charge in [0.2, 0.25) is 0 Å². The summed E-state index contributed by atoms with van der Waals surface area (Å²) in [5.74, 6) is 0.136. The van der Waals surface area contributed by atoms with Gasteiger partial charge in [-0.1, -0.05) is 0 Å². The van der Waals surface area contributed by atoms with Crippen LogP contribution < -0.4 is 5.32 Å². The zero-order valence-electron chi connectivity index (χ0n) is 11.2. The van der Waals surface area contributed by atoms with Gasteiger partial charge in [0, 0.05) is 30.4 Å². The standard InChI is InChI=1S/C14H20N2O.ClH/c1-4-16(10(2)3)14(17)12-5-6-13-11(9-12)7-8-15-13;/h5-6,9-10,15H,4,7-8H2,1-3H3;1H. The maximum Gasteiger partial charge on any atom is 0.254 e. The quantitative estimate of drug-likeness (QED) is 0.914. The number of amides is 1. The summed E-state index contributed by atoms with van der Waals surface area (Å²) in [6.45, 7) is 7.86. The molecule has 0 aromatic heterocycles. The van der Waals surface area contributed by atoms with Crippen LogP contribution in [0.25, 0.3) is 0 Å². The largest absolute Gasteiger partial charge is 0.384 e. The molecule has 4 heteroatoms. The molecule has 1 N–H and O–H groups in total. The highest BCUT2D eigenvalue weighted by atomic mass is 35.5. The molecule has 0 fully saturated rings. The number of hydrogen-bond donors (Lipinski definition) is 1. The summed E-state index contributed by atoms with van der Waals surface area (Å²) in [4.78, 5) is 14.2. The molecular formula is C14H21ClN2O. The van der Waals surface area contributed by atoms with E-state index in [4.69, 9.17) is 0 Å². The second-order valence-corrected chi connectivity index (χ2v) is 4.73. The highest BCUT2D eigenvalue weighted by Crippen LogP contribution is 2.23. The second-order valence-electron chi connectivity index (χ2n) is 4.73. The van der Waals surface area contributed by atoms with Crippen molar-refractivity contribution < 1.29 is 4.79 Å². The fourth-order valence-corrected chi connectivity index (χ4v) is 2.35. The van der Waals surface area contributed by atoms with Crippen molar-refractivity contribution in [1.29, 1.82) is 0 Å². The number of halogens is 1. The van der Waals surface area contributed by atoms with Crippen LogP contribution in [0.4, 0.5) is 5.69 Å². The molecule has 0 aliphatic carbocycles. The summed E-state index contributed by atoms with van der Waals surface area (Å²) in [5, 5.41) is 3.31. The number of rotatable bonds is 3. The molecule has 1 aromatic carbocycles. The lowest BCUT2D eigenvalue weighted by atomic mass is 10.1. The molecule has 0 radical (unpaired) electrons. The van der Waals surface area contributed by atoms with E-state index in [1.165, 1.54) is 11.3 Å². The molecule has 0 bridgehead atoms. The molecule has 1 heterocycles. The third-order valence-electron chi connectivity index (χ3n) is 3.29. The van der Waals surface area contributed by atoms with Crippen molar-refractivity contribution in [3.63, 3.8) is 0 Å². The van der Waals surface area contributed by atoms with E-state index in [0.29, 0.717) is 0 Å². The number of carbonyl (C=O) groups is 1. The SMILES string of the molecule is CCN(C(=O)c1ccc2c(c1)CCN2)C(C)C.Cl. The first-order valence-corrected chi connectivity index (χ1v) is 6.31. The predicted octanol–water partition coefficient (Wildman–Crippen LogP) is 2.95. The Balaban J connectivity index is 0.00000162. The highest BCUT2D eigenvalue weighted by molar-refractivity contribution is 5.95. The van der Waals surface area contributed by atoms with E-state index in [0.717, 1.165) is 25.1 Å². The van der Waals surface area contributed by atoms with E-state index in [-0.39, 0.29) is 24.4 Å². The first-order chi connectivity index (χ1) is 8.13. The van der Waals surface area contributed by atoms with E-state index in [9.17, 15) is 4.79 Å². The van der Waals surface area contributed by atoms with Crippen LogP contribution >= 0.6 is 12.4 Å². The van der Waals surface area contributed by atoms with Crippen LogP contribution in [0.1, 0.15) is 36.7 Å². The Hall–Kier alpha value is -1.22. The van der Waals surface area contributed by atoms with Crippen molar-refractivity contribution in [1.82, 2.24) is 4.90 Å².